The third kappa shape index (κ3) is 4.87. The Kier molecular flexibility index (Phi) is 5.72. The van der Waals surface area contributed by atoms with Crippen LogP contribution < -0.4 is 4.74 Å². The molecule has 0 amide bonds. The molecule has 0 bridgehead atoms. The summed E-state index contributed by atoms with van der Waals surface area (Å²) in [6.45, 7) is 0.733. The molecular weight excluding hydrogens is 246 g/mol. The lowest BCUT2D eigenvalue weighted by atomic mass is 10.1. The molecule has 5 heteroatoms. The van der Waals surface area contributed by atoms with Crippen LogP contribution in [0.1, 0.15) is 25.7 Å². The third-order valence-corrected chi connectivity index (χ3v) is 3.31. The van der Waals surface area contributed by atoms with Crippen molar-refractivity contribution >= 4 is 23.0 Å². The predicted molar refractivity (Wildman–Crippen MR) is 76.6 cm³/mol. The van der Waals surface area contributed by atoms with E-state index >= 15 is 0 Å². The van der Waals surface area contributed by atoms with E-state index in [1.54, 1.807) is 23.5 Å². The molecule has 0 unspecified atom stereocenters. The van der Waals surface area contributed by atoms with Crippen molar-refractivity contribution < 1.29 is 4.74 Å². The van der Waals surface area contributed by atoms with E-state index in [9.17, 15) is 0 Å². The maximum absolute atomic E-state index is 5.53. The Labute approximate surface area is 112 Å². The number of thioether (sulfide) groups is 1. The number of ether oxygens (including phenoxy) is 1. The van der Waals surface area contributed by atoms with Crippen LogP contribution in [0, 0.1) is 0 Å². The Morgan fingerprint density at radius 1 is 1.22 bits per heavy atom. The lowest BCUT2D eigenvalue weighted by molar-refractivity contribution is 0.294. The predicted octanol–water partition coefficient (Wildman–Crippen LogP) is 3.15. The fourth-order valence-corrected chi connectivity index (χ4v) is 2.22. The fraction of sp³-hybridized carbons (Fsp3) is 0.462. The van der Waals surface area contributed by atoms with Crippen LogP contribution in [0.2, 0.25) is 0 Å². The van der Waals surface area contributed by atoms with Gasteiger partial charge in [-0.2, -0.15) is 10.2 Å². The largest absolute Gasteiger partial charge is 0.478 e. The van der Waals surface area contributed by atoms with E-state index in [0.29, 0.717) is 5.88 Å². The maximum Gasteiger partial charge on any atom is 0.213 e. The number of rotatable bonds is 7. The van der Waals surface area contributed by atoms with Gasteiger partial charge in [-0.3, -0.25) is 0 Å². The van der Waals surface area contributed by atoms with Crippen molar-refractivity contribution in [2.45, 2.75) is 25.7 Å². The first kappa shape index (κ1) is 13.1. The quantitative estimate of drug-likeness (QED) is 0.710. The SMILES string of the molecule is C1=NN=C(CCCCCOc2ccccn2)CS1. The Hall–Kier alpha value is -1.36. The summed E-state index contributed by atoms with van der Waals surface area (Å²) in [7, 11) is 0. The number of pyridine rings is 1. The lowest BCUT2D eigenvalue weighted by Crippen LogP contribution is -2.05. The second-order valence-electron chi connectivity index (χ2n) is 4.03. The van der Waals surface area contributed by atoms with Gasteiger partial charge in [0.2, 0.25) is 5.88 Å². The molecule has 0 atom stereocenters. The van der Waals surface area contributed by atoms with Gasteiger partial charge in [0.15, 0.2) is 0 Å². The van der Waals surface area contributed by atoms with E-state index in [-0.39, 0.29) is 0 Å². The molecule has 0 fully saturated rings. The van der Waals surface area contributed by atoms with Gasteiger partial charge in [0.05, 0.1) is 17.9 Å². The van der Waals surface area contributed by atoms with E-state index in [1.165, 1.54) is 5.71 Å². The molecule has 4 nitrogen and oxygen atoms in total. The summed E-state index contributed by atoms with van der Waals surface area (Å²) in [6.07, 6.45) is 6.16. The van der Waals surface area contributed by atoms with Gasteiger partial charge in [-0.05, 0) is 31.7 Å². The van der Waals surface area contributed by atoms with Crippen molar-refractivity contribution in [1.29, 1.82) is 0 Å². The minimum Gasteiger partial charge on any atom is -0.478 e. The molecule has 18 heavy (non-hydrogen) atoms. The molecule has 2 heterocycles. The van der Waals surface area contributed by atoms with Crippen LogP contribution in [0.4, 0.5) is 0 Å². The first-order valence-corrected chi connectivity index (χ1v) is 7.23. The molecule has 1 aliphatic rings. The van der Waals surface area contributed by atoms with Crippen LogP contribution in [-0.4, -0.2) is 28.6 Å². The molecule has 1 aliphatic heterocycles. The van der Waals surface area contributed by atoms with Crippen molar-refractivity contribution in [3.8, 4) is 5.88 Å². The number of aromatic nitrogens is 1. The summed E-state index contributed by atoms with van der Waals surface area (Å²) < 4.78 is 5.53. The van der Waals surface area contributed by atoms with Crippen molar-refractivity contribution in [3.05, 3.63) is 24.4 Å². The van der Waals surface area contributed by atoms with Crippen molar-refractivity contribution in [2.75, 3.05) is 12.4 Å². The Morgan fingerprint density at radius 2 is 2.22 bits per heavy atom. The van der Waals surface area contributed by atoms with Gasteiger partial charge >= 0.3 is 0 Å². The van der Waals surface area contributed by atoms with Crippen LogP contribution in [0.25, 0.3) is 0 Å². The topological polar surface area (TPSA) is 46.8 Å². The standard InChI is InChI=1S/C13H17N3OS/c1(2-6-12-10-18-11-15-16-12)5-9-17-13-7-3-4-8-14-13/h3-4,7-8,11H,1-2,5-6,9-10H2. The molecule has 0 saturated carbocycles. The molecule has 0 saturated heterocycles. The van der Waals surface area contributed by atoms with Crippen LogP contribution in [-0.2, 0) is 0 Å². The highest BCUT2D eigenvalue weighted by Crippen LogP contribution is 2.10. The van der Waals surface area contributed by atoms with Crippen molar-refractivity contribution in [1.82, 2.24) is 4.98 Å². The maximum atomic E-state index is 5.53. The van der Waals surface area contributed by atoms with E-state index in [4.69, 9.17) is 4.74 Å². The lowest BCUT2D eigenvalue weighted by Gasteiger charge is -2.06. The van der Waals surface area contributed by atoms with E-state index in [2.05, 4.69) is 15.2 Å². The smallest absolute Gasteiger partial charge is 0.213 e. The monoisotopic (exact) mass is 263 g/mol. The summed E-state index contributed by atoms with van der Waals surface area (Å²) in [6, 6.07) is 5.70. The highest BCUT2D eigenvalue weighted by Gasteiger charge is 2.02. The summed E-state index contributed by atoms with van der Waals surface area (Å²) in [5.74, 6) is 1.70. The molecule has 2 rings (SSSR count). The van der Waals surface area contributed by atoms with Crippen LogP contribution >= 0.6 is 11.8 Å². The molecule has 0 aromatic carbocycles. The highest BCUT2D eigenvalue weighted by molar-refractivity contribution is 8.12. The Balaban J connectivity index is 1.51. The first-order chi connectivity index (χ1) is 8.95. The zero-order valence-electron chi connectivity index (χ0n) is 10.3. The number of unbranched alkanes of at least 4 members (excludes halogenated alkanes) is 2. The molecule has 0 spiro atoms. The zero-order chi connectivity index (χ0) is 12.5. The average Bonchev–Trinajstić information content (AvgIpc) is 2.45. The van der Waals surface area contributed by atoms with Gasteiger partial charge in [0, 0.05) is 18.0 Å². The minimum absolute atomic E-state index is 0.708. The van der Waals surface area contributed by atoms with Crippen LogP contribution in [0.15, 0.2) is 34.6 Å². The summed E-state index contributed by atoms with van der Waals surface area (Å²) in [5.41, 5.74) is 3.00. The zero-order valence-corrected chi connectivity index (χ0v) is 11.1. The van der Waals surface area contributed by atoms with E-state index in [0.717, 1.165) is 38.0 Å². The average molecular weight is 263 g/mol. The van der Waals surface area contributed by atoms with E-state index < -0.39 is 0 Å². The second kappa shape index (κ2) is 7.87. The number of nitrogens with zero attached hydrogens (tertiary/aromatic N) is 3. The molecule has 1 aromatic heterocycles. The van der Waals surface area contributed by atoms with Gasteiger partial charge in [-0.1, -0.05) is 6.07 Å². The van der Waals surface area contributed by atoms with Gasteiger partial charge in [0.25, 0.3) is 0 Å². The van der Waals surface area contributed by atoms with E-state index in [1.807, 2.05) is 18.2 Å². The van der Waals surface area contributed by atoms with Gasteiger partial charge in [0.1, 0.15) is 0 Å². The van der Waals surface area contributed by atoms with Crippen LogP contribution in [0.3, 0.4) is 0 Å². The van der Waals surface area contributed by atoms with Crippen molar-refractivity contribution in [3.63, 3.8) is 0 Å². The van der Waals surface area contributed by atoms with Gasteiger partial charge in [-0.25, -0.2) is 4.98 Å². The second-order valence-corrected chi connectivity index (χ2v) is 4.86. The fourth-order valence-electron chi connectivity index (χ4n) is 1.64. The van der Waals surface area contributed by atoms with Gasteiger partial charge < -0.3 is 4.74 Å². The van der Waals surface area contributed by atoms with Crippen molar-refractivity contribution in [2.24, 2.45) is 10.2 Å². The number of hydrogen-bond donors (Lipinski definition) is 0. The summed E-state index contributed by atoms with van der Waals surface area (Å²) in [4.78, 5) is 4.11. The molecule has 96 valence electrons. The molecule has 1 aromatic rings. The molecular formula is C13H17N3OS. The number of hydrogen-bond acceptors (Lipinski definition) is 5. The Morgan fingerprint density at radius 3 is 3.00 bits per heavy atom. The first-order valence-electron chi connectivity index (χ1n) is 6.18. The Bertz CT molecular complexity index is 406. The van der Waals surface area contributed by atoms with Crippen LogP contribution in [0.5, 0.6) is 5.88 Å². The minimum atomic E-state index is 0.708. The summed E-state index contributed by atoms with van der Waals surface area (Å²) in [5, 5.41) is 8.03. The third-order valence-electron chi connectivity index (χ3n) is 2.57. The molecule has 0 aliphatic carbocycles. The molecule has 0 N–H and O–H groups in total. The molecule has 0 radical (unpaired) electrons. The highest BCUT2D eigenvalue weighted by atomic mass is 32.2. The summed E-state index contributed by atoms with van der Waals surface area (Å²) >= 11 is 1.71. The van der Waals surface area contributed by atoms with Gasteiger partial charge in [-0.15, -0.1) is 11.8 Å². The normalized spacial score (nSPS) is 14.3.